The van der Waals surface area contributed by atoms with Crippen molar-refractivity contribution < 1.29 is 19.1 Å². The molecule has 152 valence electrons. The highest BCUT2D eigenvalue weighted by atomic mass is 19.1. The summed E-state index contributed by atoms with van der Waals surface area (Å²) in [7, 11) is 0. The normalized spacial score (nSPS) is 17.8. The van der Waals surface area contributed by atoms with Crippen molar-refractivity contribution in [3.8, 4) is 0 Å². The molecule has 30 heavy (non-hydrogen) atoms. The SMILES string of the molecule is CCc1ccc(C(=O)CC2(O)C(=O)N(Cc3ccc(F)cc3)c3ccccc32)cc1. The largest absolute Gasteiger partial charge is 0.375 e. The first-order chi connectivity index (χ1) is 14.4. The Labute approximate surface area is 174 Å². The molecule has 1 heterocycles. The molecule has 0 aliphatic carbocycles. The van der Waals surface area contributed by atoms with Gasteiger partial charge < -0.3 is 10.0 Å². The Kier molecular flexibility index (Phi) is 5.22. The number of para-hydroxylation sites is 1. The topological polar surface area (TPSA) is 57.6 Å². The first-order valence-electron chi connectivity index (χ1n) is 9.93. The summed E-state index contributed by atoms with van der Waals surface area (Å²) in [5.41, 5.74) is 1.34. The summed E-state index contributed by atoms with van der Waals surface area (Å²) in [6, 6.07) is 20.0. The van der Waals surface area contributed by atoms with Crippen molar-refractivity contribution in [2.75, 3.05) is 4.90 Å². The van der Waals surface area contributed by atoms with Gasteiger partial charge in [0.1, 0.15) is 5.82 Å². The van der Waals surface area contributed by atoms with Crippen LogP contribution in [0.3, 0.4) is 0 Å². The van der Waals surface area contributed by atoms with Crippen LogP contribution in [-0.4, -0.2) is 16.8 Å². The molecular weight excluding hydrogens is 381 g/mol. The molecule has 4 rings (SSSR count). The van der Waals surface area contributed by atoms with Crippen LogP contribution in [0.1, 0.15) is 40.4 Å². The molecule has 0 bridgehead atoms. The standard InChI is InChI=1S/C25H22FNO3/c1-2-17-7-11-19(12-8-17)23(28)15-25(30)21-5-3-4-6-22(21)27(24(25)29)16-18-9-13-20(26)14-10-18/h3-14,30H,2,15-16H2,1H3. The highest BCUT2D eigenvalue weighted by molar-refractivity contribution is 6.10. The van der Waals surface area contributed by atoms with Crippen LogP contribution in [0.25, 0.3) is 0 Å². The number of benzene rings is 3. The molecule has 1 unspecified atom stereocenters. The van der Waals surface area contributed by atoms with Gasteiger partial charge in [0.2, 0.25) is 0 Å². The Balaban J connectivity index is 1.64. The number of ketones is 1. The fourth-order valence-corrected chi connectivity index (χ4v) is 3.87. The van der Waals surface area contributed by atoms with Crippen LogP contribution in [0, 0.1) is 5.82 Å². The second-order valence-electron chi connectivity index (χ2n) is 7.55. The summed E-state index contributed by atoms with van der Waals surface area (Å²) in [4.78, 5) is 27.6. The number of halogens is 1. The summed E-state index contributed by atoms with van der Waals surface area (Å²) < 4.78 is 13.2. The molecule has 0 spiro atoms. The molecule has 0 aromatic heterocycles. The zero-order valence-electron chi connectivity index (χ0n) is 16.6. The molecule has 1 N–H and O–H groups in total. The maximum Gasteiger partial charge on any atom is 0.264 e. The number of carbonyl (C=O) groups excluding carboxylic acids is 2. The zero-order chi connectivity index (χ0) is 21.3. The van der Waals surface area contributed by atoms with Crippen LogP contribution in [0.5, 0.6) is 0 Å². The molecule has 5 heteroatoms. The van der Waals surface area contributed by atoms with Gasteiger partial charge in [-0.2, -0.15) is 0 Å². The van der Waals surface area contributed by atoms with Crippen molar-refractivity contribution in [3.05, 3.63) is 101 Å². The number of aryl methyl sites for hydroxylation is 1. The highest BCUT2D eigenvalue weighted by Gasteiger charge is 2.50. The van der Waals surface area contributed by atoms with Crippen molar-refractivity contribution in [2.45, 2.75) is 31.9 Å². The van der Waals surface area contributed by atoms with E-state index in [0.717, 1.165) is 17.5 Å². The van der Waals surface area contributed by atoms with Crippen LogP contribution in [0.15, 0.2) is 72.8 Å². The molecule has 1 atom stereocenters. The average molecular weight is 403 g/mol. The fraction of sp³-hybridized carbons (Fsp3) is 0.200. The van der Waals surface area contributed by atoms with Gasteiger partial charge in [-0.05, 0) is 35.7 Å². The van der Waals surface area contributed by atoms with E-state index in [0.29, 0.717) is 16.8 Å². The van der Waals surface area contributed by atoms with E-state index in [1.807, 2.05) is 19.1 Å². The third-order valence-corrected chi connectivity index (χ3v) is 5.59. The molecule has 3 aromatic carbocycles. The highest BCUT2D eigenvalue weighted by Crippen LogP contribution is 2.43. The molecule has 1 aliphatic heterocycles. The molecule has 1 aliphatic rings. The van der Waals surface area contributed by atoms with E-state index < -0.39 is 11.5 Å². The van der Waals surface area contributed by atoms with Gasteiger partial charge in [-0.15, -0.1) is 0 Å². The number of fused-ring (bicyclic) bond motifs is 1. The number of Topliss-reactive ketones (excluding diaryl/α,β-unsaturated/α-hetero) is 1. The van der Waals surface area contributed by atoms with Crippen molar-refractivity contribution in [3.63, 3.8) is 0 Å². The molecule has 1 amide bonds. The Bertz CT molecular complexity index is 1090. The van der Waals surface area contributed by atoms with Gasteiger partial charge in [0.15, 0.2) is 11.4 Å². The monoisotopic (exact) mass is 403 g/mol. The number of amides is 1. The number of nitrogens with zero attached hydrogens (tertiary/aromatic N) is 1. The van der Waals surface area contributed by atoms with Gasteiger partial charge >= 0.3 is 0 Å². The van der Waals surface area contributed by atoms with Crippen molar-refractivity contribution in [1.82, 2.24) is 0 Å². The second-order valence-corrected chi connectivity index (χ2v) is 7.55. The van der Waals surface area contributed by atoms with E-state index in [-0.39, 0.29) is 24.6 Å². The van der Waals surface area contributed by atoms with Crippen LogP contribution < -0.4 is 4.90 Å². The Morgan fingerprint density at radius 3 is 2.27 bits per heavy atom. The van der Waals surface area contributed by atoms with Crippen molar-refractivity contribution in [1.29, 1.82) is 0 Å². The van der Waals surface area contributed by atoms with Gasteiger partial charge in [-0.25, -0.2) is 4.39 Å². The van der Waals surface area contributed by atoms with Gasteiger partial charge in [0.05, 0.1) is 18.7 Å². The summed E-state index contributed by atoms with van der Waals surface area (Å²) in [6.45, 7) is 2.21. The van der Waals surface area contributed by atoms with Gasteiger partial charge in [0, 0.05) is 11.1 Å². The lowest BCUT2D eigenvalue weighted by Crippen LogP contribution is -2.41. The lowest BCUT2D eigenvalue weighted by Gasteiger charge is -2.23. The van der Waals surface area contributed by atoms with Crippen LogP contribution in [-0.2, 0) is 23.4 Å². The third-order valence-electron chi connectivity index (χ3n) is 5.59. The molecule has 0 saturated carbocycles. The number of anilines is 1. The van der Waals surface area contributed by atoms with Crippen LogP contribution in [0.4, 0.5) is 10.1 Å². The van der Waals surface area contributed by atoms with E-state index in [1.165, 1.54) is 17.0 Å². The Morgan fingerprint density at radius 2 is 1.60 bits per heavy atom. The van der Waals surface area contributed by atoms with Gasteiger partial charge in [0.25, 0.3) is 5.91 Å². The van der Waals surface area contributed by atoms with Crippen LogP contribution in [0.2, 0.25) is 0 Å². The third kappa shape index (κ3) is 3.53. The number of aliphatic hydroxyl groups is 1. The van der Waals surface area contributed by atoms with E-state index in [1.54, 1.807) is 48.5 Å². The second kappa shape index (κ2) is 7.84. The number of hydrogen-bond acceptors (Lipinski definition) is 3. The summed E-state index contributed by atoms with van der Waals surface area (Å²) >= 11 is 0. The van der Waals surface area contributed by atoms with Crippen LogP contribution >= 0.6 is 0 Å². The Hall–Kier alpha value is -3.31. The molecule has 3 aromatic rings. The zero-order valence-corrected chi connectivity index (χ0v) is 16.6. The fourth-order valence-electron chi connectivity index (χ4n) is 3.87. The first-order valence-corrected chi connectivity index (χ1v) is 9.93. The quantitative estimate of drug-likeness (QED) is 0.621. The summed E-state index contributed by atoms with van der Waals surface area (Å²) in [5.74, 6) is -1.21. The number of hydrogen-bond donors (Lipinski definition) is 1. The predicted octanol–water partition coefficient (Wildman–Crippen LogP) is 4.40. The first kappa shape index (κ1) is 20.0. The minimum absolute atomic E-state index is 0.178. The average Bonchev–Trinajstić information content (AvgIpc) is 2.97. The Morgan fingerprint density at radius 1 is 0.967 bits per heavy atom. The van der Waals surface area contributed by atoms with E-state index >= 15 is 0 Å². The maximum atomic E-state index is 13.3. The molecule has 0 saturated heterocycles. The maximum absolute atomic E-state index is 13.3. The van der Waals surface area contributed by atoms with E-state index in [4.69, 9.17) is 0 Å². The van der Waals surface area contributed by atoms with Crippen molar-refractivity contribution in [2.24, 2.45) is 0 Å². The number of rotatable bonds is 6. The van der Waals surface area contributed by atoms with E-state index in [2.05, 4.69) is 0 Å². The number of carbonyl (C=O) groups is 2. The van der Waals surface area contributed by atoms with Gasteiger partial charge in [-0.1, -0.05) is 61.5 Å². The molecule has 0 fully saturated rings. The minimum atomic E-state index is -1.93. The van der Waals surface area contributed by atoms with Gasteiger partial charge in [-0.3, -0.25) is 9.59 Å². The summed E-state index contributed by atoms with van der Waals surface area (Å²) in [5, 5.41) is 11.4. The summed E-state index contributed by atoms with van der Waals surface area (Å²) in [6.07, 6.45) is 0.525. The smallest absolute Gasteiger partial charge is 0.264 e. The lowest BCUT2D eigenvalue weighted by atomic mass is 9.88. The van der Waals surface area contributed by atoms with Crippen molar-refractivity contribution >= 4 is 17.4 Å². The lowest BCUT2D eigenvalue weighted by molar-refractivity contribution is -0.136. The predicted molar refractivity (Wildman–Crippen MR) is 113 cm³/mol. The minimum Gasteiger partial charge on any atom is -0.375 e. The molecule has 0 radical (unpaired) electrons. The molecule has 4 nitrogen and oxygen atoms in total. The molecular formula is C25H22FNO3. The van der Waals surface area contributed by atoms with E-state index in [9.17, 15) is 19.1 Å².